The van der Waals surface area contributed by atoms with Crippen LogP contribution >= 0.6 is 0 Å². The van der Waals surface area contributed by atoms with Crippen LogP contribution in [0, 0.1) is 5.41 Å². The Morgan fingerprint density at radius 2 is 1.20 bits per heavy atom. The molecule has 1 aliphatic rings. The number of nitrogens with one attached hydrogen (secondary N) is 9. The monoisotopic (exact) mass is 699 g/mol. The highest BCUT2D eigenvalue weighted by Gasteiger charge is 2.36. The average Bonchev–Trinajstić information content (AvgIpc) is 3.57. The largest absolute Gasteiger partial charge is 0.394 e. The molecule has 0 bridgehead atoms. The Bertz CT molecular complexity index is 1250. The number of carbonyl (C=O) groups is 9. The predicted molar refractivity (Wildman–Crippen MR) is 168 cm³/mol. The standard InChI is InChI=1S/C26H45N13O10/c27-7-17(41)32-8-18(42)33-9-19(43)34-10-20(44)35-11-21(45)38-15(13-40)24(48)36-12-22(46)37-14(3-1-5-31-26(29)30)25(49)39-6-2-4-16(39)23(28)47/h14-16,40H,1-13,27H2,(H2,28,47)(H,32,41)(H,33,42)(H,34,43)(H,35,44)(H,36,48)(H,37,46)(H,38,45)(H4,29,30,31)/t14-,15-,16-/m0/s1. The Morgan fingerprint density at radius 3 is 1.69 bits per heavy atom. The van der Waals surface area contributed by atoms with Gasteiger partial charge in [0.2, 0.25) is 53.2 Å². The fraction of sp³-hybridized carbons (Fsp3) is 0.615. The first-order chi connectivity index (χ1) is 23.2. The highest BCUT2D eigenvalue weighted by molar-refractivity contribution is 5.95. The van der Waals surface area contributed by atoms with Crippen LogP contribution in [0.4, 0.5) is 0 Å². The molecule has 0 radical (unpaired) electrons. The molecule has 1 heterocycles. The fourth-order valence-electron chi connectivity index (χ4n) is 4.26. The molecular formula is C26H45N13O10. The third-order valence-electron chi connectivity index (χ3n) is 6.71. The maximum atomic E-state index is 13.2. The first kappa shape index (κ1) is 41.4. The van der Waals surface area contributed by atoms with Gasteiger partial charge < -0.3 is 69.7 Å². The van der Waals surface area contributed by atoms with Gasteiger partial charge in [-0.1, -0.05) is 0 Å². The number of guanidine groups is 1. The molecular weight excluding hydrogens is 654 g/mol. The molecule has 0 aromatic rings. The first-order valence-corrected chi connectivity index (χ1v) is 15.1. The number of aliphatic hydroxyl groups is 1. The van der Waals surface area contributed by atoms with Crippen LogP contribution < -0.4 is 59.7 Å². The zero-order chi connectivity index (χ0) is 36.9. The summed E-state index contributed by atoms with van der Waals surface area (Å²) in [6, 6.07) is -3.45. The minimum atomic E-state index is -1.52. The van der Waals surface area contributed by atoms with Gasteiger partial charge >= 0.3 is 0 Å². The van der Waals surface area contributed by atoms with Crippen molar-refractivity contribution < 1.29 is 48.3 Å². The van der Waals surface area contributed by atoms with Crippen molar-refractivity contribution in [3.63, 3.8) is 0 Å². The highest BCUT2D eigenvalue weighted by atomic mass is 16.3. The molecule has 1 saturated heterocycles. The number of hydrogen-bond acceptors (Lipinski definition) is 12. The van der Waals surface area contributed by atoms with Gasteiger partial charge in [-0.25, -0.2) is 0 Å². The Hall–Kier alpha value is -5.58. The summed E-state index contributed by atoms with van der Waals surface area (Å²) in [5, 5.41) is 35.0. The maximum absolute atomic E-state index is 13.2. The van der Waals surface area contributed by atoms with Gasteiger partial charge in [0.25, 0.3) is 0 Å². The number of amides is 9. The summed E-state index contributed by atoms with van der Waals surface area (Å²) in [5.41, 5.74) is 15.8. The number of nitrogens with two attached hydrogens (primary N) is 3. The van der Waals surface area contributed by atoms with Crippen LogP contribution in [0.5, 0.6) is 0 Å². The number of nitrogens with zero attached hydrogens (tertiary/aromatic N) is 1. The molecule has 23 heteroatoms. The van der Waals surface area contributed by atoms with E-state index in [-0.39, 0.29) is 32.0 Å². The molecule has 0 aromatic heterocycles. The third-order valence-corrected chi connectivity index (χ3v) is 6.71. The molecule has 16 N–H and O–H groups in total. The van der Waals surface area contributed by atoms with Crippen molar-refractivity contribution in [2.75, 3.05) is 59.0 Å². The van der Waals surface area contributed by atoms with Crippen molar-refractivity contribution in [1.82, 2.24) is 47.4 Å². The second-order valence-corrected chi connectivity index (χ2v) is 10.5. The van der Waals surface area contributed by atoms with Gasteiger partial charge in [0, 0.05) is 13.1 Å². The van der Waals surface area contributed by atoms with Crippen molar-refractivity contribution in [3.05, 3.63) is 0 Å². The van der Waals surface area contributed by atoms with E-state index in [4.69, 9.17) is 22.6 Å². The lowest BCUT2D eigenvalue weighted by molar-refractivity contribution is -0.140. The van der Waals surface area contributed by atoms with E-state index in [0.29, 0.717) is 19.3 Å². The van der Waals surface area contributed by atoms with Gasteiger partial charge in [0.15, 0.2) is 5.96 Å². The number of primary amides is 1. The number of hydrogen-bond donors (Lipinski definition) is 13. The molecule has 0 aromatic carbocycles. The van der Waals surface area contributed by atoms with E-state index in [1.807, 2.05) is 0 Å². The Labute approximate surface area is 280 Å². The van der Waals surface area contributed by atoms with Crippen molar-refractivity contribution in [2.24, 2.45) is 17.2 Å². The minimum Gasteiger partial charge on any atom is -0.394 e. The quantitative estimate of drug-likeness (QED) is 0.0301. The SMILES string of the molecule is N=C(N)NCCC[C@H](NC(=O)CNC(=O)[C@H](CO)NC(=O)CNC(=O)CNC(=O)CNC(=O)CNC(=O)CN)C(=O)N1CCC[C@H]1C(N)=O. The van der Waals surface area contributed by atoms with Crippen LogP contribution in [0.2, 0.25) is 0 Å². The van der Waals surface area contributed by atoms with Gasteiger partial charge in [0.05, 0.1) is 45.9 Å². The van der Waals surface area contributed by atoms with Crippen LogP contribution in [0.1, 0.15) is 25.7 Å². The Morgan fingerprint density at radius 1 is 0.714 bits per heavy atom. The van der Waals surface area contributed by atoms with Gasteiger partial charge in [-0.2, -0.15) is 0 Å². The lowest BCUT2D eigenvalue weighted by atomic mass is 10.1. The summed E-state index contributed by atoms with van der Waals surface area (Å²) in [7, 11) is 0. The van der Waals surface area contributed by atoms with E-state index in [9.17, 15) is 48.3 Å². The minimum absolute atomic E-state index is 0.0958. The molecule has 1 rings (SSSR count). The Balaban J connectivity index is 2.52. The summed E-state index contributed by atoms with van der Waals surface area (Å²) in [5.74, 6) is -6.96. The topological polar surface area (TPSA) is 375 Å². The zero-order valence-corrected chi connectivity index (χ0v) is 26.7. The second kappa shape index (κ2) is 22.1. The van der Waals surface area contributed by atoms with Crippen LogP contribution in [-0.4, -0.2) is 146 Å². The van der Waals surface area contributed by atoms with E-state index >= 15 is 0 Å². The summed E-state index contributed by atoms with van der Waals surface area (Å²) in [6.07, 6.45) is 1.31. The number of rotatable bonds is 21. The molecule has 0 spiro atoms. The first-order valence-electron chi connectivity index (χ1n) is 15.1. The van der Waals surface area contributed by atoms with E-state index in [2.05, 4.69) is 42.5 Å². The summed E-state index contributed by atoms with van der Waals surface area (Å²) in [6.45, 7) is -3.49. The lowest BCUT2D eigenvalue weighted by Crippen LogP contribution is -2.55. The van der Waals surface area contributed by atoms with Crippen LogP contribution in [-0.2, 0) is 43.2 Å². The summed E-state index contributed by atoms with van der Waals surface area (Å²) >= 11 is 0. The van der Waals surface area contributed by atoms with E-state index < -0.39 is 111 Å². The Kier molecular flexibility index (Phi) is 18.7. The number of aliphatic hydroxyl groups excluding tert-OH is 1. The molecule has 9 amide bonds. The smallest absolute Gasteiger partial charge is 0.245 e. The predicted octanol–water partition coefficient (Wildman–Crippen LogP) is -8.77. The molecule has 49 heavy (non-hydrogen) atoms. The van der Waals surface area contributed by atoms with Gasteiger partial charge in [0.1, 0.15) is 18.1 Å². The molecule has 274 valence electrons. The third kappa shape index (κ3) is 16.7. The van der Waals surface area contributed by atoms with Crippen molar-refractivity contribution in [3.8, 4) is 0 Å². The van der Waals surface area contributed by atoms with Gasteiger partial charge in [-0.05, 0) is 25.7 Å². The molecule has 23 nitrogen and oxygen atoms in total. The van der Waals surface area contributed by atoms with Gasteiger partial charge in [-0.15, -0.1) is 0 Å². The fourth-order valence-corrected chi connectivity index (χ4v) is 4.26. The second-order valence-electron chi connectivity index (χ2n) is 10.5. The van der Waals surface area contributed by atoms with E-state index in [1.165, 1.54) is 4.90 Å². The normalized spacial score (nSPS) is 14.7. The van der Waals surface area contributed by atoms with Crippen molar-refractivity contribution in [1.29, 1.82) is 5.41 Å². The molecule has 0 unspecified atom stereocenters. The van der Waals surface area contributed by atoms with Crippen molar-refractivity contribution in [2.45, 2.75) is 43.8 Å². The van der Waals surface area contributed by atoms with Gasteiger partial charge in [-0.3, -0.25) is 48.6 Å². The van der Waals surface area contributed by atoms with E-state index in [1.54, 1.807) is 0 Å². The van der Waals surface area contributed by atoms with Crippen molar-refractivity contribution >= 4 is 59.1 Å². The molecule has 0 saturated carbocycles. The molecule has 1 fully saturated rings. The zero-order valence-electron chi connectivity index (χ0n) is 26.7. The molecule has 1 aliphatic heterocycles. The number of carbonyl (C=O) groups excluding carboxylic acids is 9. The molecule has 3 atom stereocenters. The van der Waals surface area contributed by atoms with Crippen LogP contribution in [0.3, 0.4) is 0 Å². The lowest BCUT2D eigenvalue weighted by Gasteiger charge is -2.28. The van der Waals surface area contributed by atoms with Crippen LogP contribution in [0.25, 0.3) is 0 Å². The number of likely N-dealkylation sites (tertiary alicyclic amines) is 1. The summed E-state index contributed by atoms with van der Waals surface area (Å²) < 4.78 is 0. The highest BCUT2D eigenvalue weighted by Crippen LogP contribution is 2.19. The summed E-state index contributed by atoms with van der Waals surface area (Å²) in [4.78, 5) is 110. The average molecular weight is 700 g/mol. The van der Waals surface area contributed by atoms with E-state index in [0.717, 1.165) is 0 Å². The maximum Gasteiger partial charge on any atom is 0.245 e. The van der Waals surface area contributed by atoms with Crippen LogP contribution in [0.15, 0.2) is 0 Å². The molecule has 0 aliphatic carbocycles.